The number of terminal acetylenes is 1. The minimum absolute atomic E-state index is 0.252. The average Bonchev–Trinajstić information content (AvgIpc) is 1.95. The van der Waals surface area contributed by atoms with Gasteiger partial charge < -0.3 is 0 Å². The van der Waals surface area contributed by atoms with Crippen molar-refractivity contribution in [1.29, 1.82) is 0 Å². The molecule has 0 atom stereocenters. The smallest absolute Gasteiger partial charge is 0.124 e. The molecule has 56 valence electrons. The first-order valence-electron chi connectivity index (χ1n) is 3.11. The van der Waals surface area contributed by atoms with E-state index < -0.39 is 0 Å². The molecule has 0 heterocycles. The number of halogens is 2. The van der Waals surface area contributed by atoms with Crippen molar-refractivity contribution >= 4 is 15.9 Å². The van der Waals surface area contributed by atoms with Crippen LogP contribution in [0, 0.1) is 18.2 Å². The van der Waals surface area contributed by atoms with Gasteiger partial charge in [-0.1, -0.05) is 22.0 Å². The molecule has 0 nitrogen and oxygen atoms in total. The Labute approximate surface area is 73.6 Å². The van der Waals surface area contributed by atoms with Gasteiger partial charge in [0.2, 0.25) is 0 Å². The van der Waals surface area contributed by atoms with Crippen molar-refractivity contribution in [2.75, 3.05) is 0 Å². The standard InChI is InChI=1S/C9H6BrF/c1-2-3-7-4-5-8(11)6-9(7)10/h1,4-6H,3H2. The average molecular weight is 213 g/mol. The number of rotatable bonds is 1. The molecule has 0 aromatic heterocycles. The molecule has 0 unspecified atom stereocenters. The van der Waals surface area contributed by atoms with Crippen molar-refractivity contribution in [1.82, 2.24) is 0 Å². The first-order chi connectivity index (χ1) is 5.24. The van der Waals surface area contributed by atoms with E-state index in [2.05, 4.69) is 21.9 Å². The summed E-state index contributed by atoms with van der Waals surface area (Å²) in [6.45, 7) is 0. The van der Waals surface area contributed by atoms with Crippen LogP contribution >= 0.6 is 15.9 Å². The topological polar surface area (TPSA) is 0 Å². The van der Waals surface area contributed by atoms with E-state index in [1.807, 2.05) is 0 Å². The van der Waals surface area contributed by atoms with Crippen LogP contribution < -0.4 is 0 Å². The third-order valence-electron chi connectivity index (χ3n) is 1.31. The maximum absolute atomic E-state index is 12.5. The van der Waals surface area contributed by atoms with Gasteiger partial charge in [-0.3, -0.25) is 0 Å². The first kappa shape index (κ1) is 8.29. The third-order valence-corrected chi connectivity index (χ3v) is 2.05. The second-order valence-electron chi connectivity index (χ2n) is 2.12. The van der Waals surface area contributed by atoms with Crippen molar-refractivity contribution in [3.63, 3.8) is 0 Å². The SMILES string of the molecule is C#CCc1ccc(F)cc1Br. The monoisotopic (exact) mass is 212 g/mol. The largest absolute Gasteiger partial charge is 0.207 e. The van der Waals surface area contributed by atoms with Crippen LogP contribution in [0.3, 0.4) is 0 Å². The predicted molar refractivity (Wildman–Crippen MR) is 46.6 cm³/mol. The van der Waals surface area contributed by atoms with Gasteiger partial charge in [-0.15, -0.1) is 12.3 Å². The van der Waals surface area contributed by atoms with Crippen molar-refractivity contribution in [2.45, 2.75) is 6.42 Å². The summed E-state index contributed by atoms with van der Waals surface area (Å²) >= 11 is 3.21. The molecule has 0 spiro atoms. The van der Waals surface area contributed by atoms with Gasteiger partial charge in [0.15, 0.2) is 0 Å². The van der Waals surface area contributed by atoms with Crippen LogP contribution in [0.25, 0.3) is 0 Å². The van der Waals surface area contributed by atoms with E-state index in [0.29, 0.717) is 6.42 Å². The van der Waals surface area contributed by atoms with E-state index in [4.69, 9.17) is 6.42 Å². The molecule has 0 aliphatic carbocycles. The zero-order valence-electron chi connectivity index (χ0n) is 5.77. The highest BCUT2D eigenvalue weighted by Gasteiger charge is 1.98. The predicted octanol–water partition coefficient (Wildman–Crippen LogP) is 2.76. The molecule has 1 rings (SSSR count). The zero-order valence-corrected chi connectivity index (χ0v) is 7.36. The normalized spacial score (nSPS) is 9.18. The fraction of sp³-hybridized carbons (Fsp3) is 0.111. The van der Waals surface area contributed by atoms with Gasteiger partial charge in [0.05, 0.1) is 0 Å². The highest BCUT2D eigenvalue weighted by molar-refractivity contribution is 9.10. The Balaban J connectivity index is 3.01. The lowest BCUT2D eigenvalue weighted by Gasteiger charge is -1.98. The summed E-state index contributed by atoms with van der Waals surface area (Å²) in [6.07, 6.45) is 5.63. The molecule has 0 radical (unpaired) electrons. The Morgan fingerprint density at radius 1 is 1.55 bits per heavy atom. The van der Waals surface area contributed by atoms with Gasteiger partial charge in [-0.25, -0.2) is 4.39 Å². The minimum Gasteiger partial charge on any atom is -0.207 e. The Hall–Kier alpha value is -0.810. The first-order valence-corrected chi connectivity index (χ1v) is 3.90. The van der Waals surface area contributed by atoms with E-state index in [-0.39, 0.29) is 5.82 Å². The highest BCUT2D eigenvalue weighted by atomic mass is 79.9. The summed E-state index contributed by atoms with van der Waals surface area (Å²) in [5.74, 6) is 2.24. The maximum atomic E-state index is 12.5. The van der Waals surface area contributed by atoms with E-state index in [1.54, 1.807) is 6.07 Å². The lowest BCUT2D eigenvalue weighted by molar-refractivity contribution is 0.626. The van der Waals surface area contributed by atoms with E-state index in [9.17, 15) is 4.39 Å². The molecule has 11 heavy (non-hydrogen) atoms. The fourth-order valence-corrected chi connectivity index (χ4v) is 1.27. The van der Waals surface area contributed by atoms with Crippen LogP contribution in [0.5, 0.6) is 0 Å². The van der Waals surface area contributed by atoms with Crippen LogP contribution in [0.1, 0.15) is 5.56 Å². The molecule has 0 aliphatic rings. The fourth-order valence-electron chi connectivity index (χ4n) is 0.775. The molecule has 0 saturated heterocycles. The number of hydrogen-bond acceptors (Lipinski definition) is 0. The van der Waals surface area contributed by atoms with Crippen molar-refractivity contribution in [2.24, 2.45) is 0 Å². The molecule has 1 aromatic carbocycles. The van der Waals surface area contributed by atoms with Gasteiger partial charge in [0, 0.05) is 10.9 Å². The molecular weight excluding hydrogens is 207 g/mol. The molecule has 0 amide bonds. The molecule has 0 aliphatic heterocycles. The van der Waals surface area contributed by atoms with Crippen molar-refractivity contribution in [3.8, 4) is 12.3 Å². The van der Waals surface area contributed by atoms with Crippen LogP contribution in [0.15, 0.2) is 22.7 Å². The Morgan fingerprint density at radius 2 is 2.27 bits per heavy atom. The molecule has 0 fully saturated rings. The second-order valence-corrected chi connectivity index (χ2v) is 2.97. The van der Waals surface area contributed by atoms with Gasteiger partial charge in [0.1, 0.15) is 5.82 Å². The van der Waals surface area contributed by atoms with Crippen molar-refractivity contribution < 1.29 is 4.39 Å². The summed E-state index contributed by atoms with van der Waals surface area (Å²) in [5, 5.41) is 0. The lowest BCUT2D eigenvalue weighted by atomic mass is 10.2. The van der Waals surface area contributed by atoms with Crippen LogP contribution in [0.4, 0.5) is 4.39 Å². The zero-order chi connectivity index (χ0) is 8.27. The lowest BCUT2D eigenvalue weighted by Crippen LogP contribution is -1.84. The number of hydrogen-bond donors (Lipinski definition) is 0. The summed E-state index contributed by atoms with van der Waals surface area (Å²) < 4.78 is 13.2. The van der Waals surface area contributed by atoms with Crippen molar-refractivity contribution in [3.05, 3.63) is 34.1 Å². The molecule has 1 aromatic rings. The van der Waals surface area contributed by atoms with E-state index >= 15 is 0 Å². The summed E-state index contributed by atoms with van der Waals surface area (Å²) in [4.78, 5) is 0. The summed E-state index contributed by atoms with van der Waals surface area (Å²) in [7, 11) is 0. The van der Waals surface area contributed by atoms with Gasteiger partial charge in [0.25, 0.3) is 0 Å². The minimum atomic E-state index is -0.252. The van der Waals surface area contributed by atoms with Crippen LogP contribution in [-0.2, 0) is 6.42 Å². The van der Waals surface area contributed by atoms with E-state index in [1.165, 1.54) is 12.1 Å². The van der Waals surface area contributed by atoms with Gasteiger partial charge in [-0.05, 0) is 17.7 Å². The van der Waals surface area contributed by atoms with Crippen LogP contribution in [0.2, 0.25) is 0 Å². The summed E-state index contributed by atoms with van der Waals surface area (Å²) in [6, 6.07) is 4.49. The van der Waals surface area contributed by atoms with Gasteiger partial charge in [-0.2, -0.15) is 0 Å². The summed E-state index contributed by atoms with van der Waals surface area (Å²) in [5.41, 5.74) is 0.939. The highest BCUT2D eigenvalue weighted by Crippen LogP contribution is 2.17. The Bertz CT molecular complexity index is 299. The molecule has 0 bridgehead atoms. The molecule has 0 saturated carbocycles. The quantitative estimate of drug-likeness (QED) is 0.629. The number of benzene rings is 1. The van der Waals surface area contributed by atoms with Crippen LogP contribution in [-0.4, -0.2) is 0 Å². The molecule has 2 heteroatoms. The van der Waals surface area contributed by atoms with E-state index in [0.717, 1.165) is 10.0 Å². The van der Waals surface area contributed by atoms with Gasteiger partial charge >= 0.3 is 0 Å². The molecule has 0 N–H and O–H groups in total. The third kappa shape index (κ3) is 2.06. The molecular formula is C9H6BrF. The Morgan fingerprint density at radius 3 is 2.82 bits per heavy atom. The Kier molecular flexibility index (Phi) is 2.67. The maximum Gasteiger partial charge on any atom is 0.124 e. The second kappa shape index (κ2) is 3.54.